The summed E-state index contributed by atoms with van der Waals surface area (Å²) in [6.45, 7) is 1.62. The number of likely N-dealkylation sites (tertiary alicyclic amines) is 1. The second kappa shape index (κ2) is 10.3. The number of benzene rings is 1. The van der Waals surface area contributed by atoms with Gasteiger partial charge in [-0.2, -0.15) is 0 Å². The van der Waals surface area contributed by atoms with Crippen LogP contribution in [0.1, 0.15) is 30.0 Å². The number of aromatic nitrogens is 1. The Hall–Kier alpha value is -2.70. The third kappa shape index (κ3) is 5.03. The average molecular weight is 555 g/mol. The molecular weight excluding hydrogens is 534 g/mol. The van der Waals surface area contributed by atoms with Gasteiger partial charge in [0.2, 0.25) is 0 Å². The Morgan fingerprint density at radius 1 is 1.41 bits per heavy atom. The predicted octanol–water partition coefficient (Wildman–Crippen LogP) is 3.45. The van der Waals surface area contributed by atoms with E-state index in [4.69, 9.17) is 9.73 Å². The summed E-state index contributed by atoms with van der Waals surface area (Å²) in [6, 6.07) is 2.12. The first-order valence-electron chi connectivity index (χ1n) is 10.5. The molecule has 0 saturated carbocycles. The van der Waals surface area contributed by atoms with E-state index >= 15 is 0 Å². The Morgan fingerprint density at radius 3 is 2.85 bits per heavy atom. The first-order valence-corrected chi connectivity index (χ1v) is 12.2. The van der Waals surface area contributed by atoms with Gasteiger partial charge in [-0.1, -0.05) is 22.0 Å². The number of aliphatic imine (C=N–C) groups is 1. The number of carbonyl (C=O) groups excluding carboxylic acids is 1. The van der Waals surface area contributed by atoms with Crippen molar-refractivity contribution in [1.82, 2.24) is 15.2 Å². The minimum atomic E-state index is -1.30. The van der Waals surface area contributed by atoms with Crippen molar-refractivity contribution in [3.63, 3.8) is 0 Å². The Morgan fingerprint density at radius 2 is 2.21 bits per heavy atom. The van der Waals surface area contributed by atoms with Crippen LogP contribution < -0.4 is 5.32 Å². The van der Waals surface area contributed by atoms with Crippen LogP contribution in [-0.2, 0) is 14.3 Å². The van der Waals surface area contributed by atoms with Gasteiger partial charge in [0.05, 0.1) is 12.2 Å². The van der Waals surface area contributed by atoms with E-state index in [1.54, 1.807) is 18.5 Å². The van der Waals surface area contributed by atoms with E-state index in [2.05, 4.69) is 26.2 Å². The lowest BCUT2D eigenvalue weighted by molar-refractivity contribution is -0.142. The molecule has 0 spiro atoms. The molecule has 180 valence electrons. The number of hydrogen-bond donors (Lipinski definition) is 2. The molecule has 2 aliphatic heterocycles. The van der Waals surface area contributed by atoms with Crippen molar-refractivity contribution in [2.24, 2.45) is 4.99 Å². The van der Waals surface area contributed by atoms with E-state index in [0.717, 1.165) is 0 Å². The number of thiazole rings is 1. The molecule has 4 rings (SSSR count). The van der Waals surface area contributed by atoms with Gasteiger partial charge in [0.15, 0.2) is 10.8 Å². The molecule has 0 amide bonds. The van der Waals surface area contributed by atoms with Crippen molar-refractivity contribution in [3.05, 3.63) is 61.9 Å². The second-order valence-electron chi connectivity index (χ2n) is 7.74. The van der Waals surface area contributed by atoms with E-state index in [9.17, 15) is 23.5 Å². The van der Waals surface area contributed by atoms with Gasteiger partial charge in [-0.25, -0.2) is 18.6 Å². The molecule has 1 fully saturated rings. The quantitative estimate of drug-likeness (QED) is 0.505. The summed E-state index contributed by atoms with van der Waals surface area (Å²) in [5.74, 6) is -1.90. The number of rotatable bonds is 7. The molecule has 1 aromatic carbocycles. The van der Waals surface area contributed by atoms with Gasteiger partial charge in [0.25, 0.3) is 0 Å². The minimum absolute atomic E-state index is 0.0504. The molecule has 8 nitrogen and oxygen atoms in total. The molecule has 0 aliphatic carbocycles. The van der Waals surface area contributed by atoms with Gasteiger partial charge in [0.1, 0.15) is 24.1 Å². The van der Waals surface area contributed by atoms with E-state index in [1.807, 2.05) is 0 Å². The molecule has 3 heterocycles. The summed E-state index contributed by atoms with van der Waals surface area (Å²) in [6.07, 6.45) is 0.161. The predicted molar refractivity (Wildman–Crippen MR) is 125 cm³/mol. The van der Waals surface area contributed by atoms with Gasteiger partial charge in [0, 0.05) is 41.3 Å². The average Bonchev–Trinajstić information content (AvgIpc) is 3.43. The SMILES string of the molecule is CCOC(=O)C1=C(CN2C[C@@H](F)C[C@H]2C(=O)O)NC(c2nccs2)=NC1c1ccc(F)cc1Br. The van der Waals surface area contributed by atoms with Crippen molar-refractivity contribution < 1.29 is 28.2 Å². The fourth-order valence-electron chi connectivity index (χ4n) is 4.05. The van der Waals surface area contributed by atoms with Crippen molar-refractivity contribution in [2.45, 2.75) is 31.6 Å². The number of carboxylic acid groups (broad SMARTS) is 1. The van der Waals surface area contributed by atoms with Crippen molar-refractivity contribution in [3.8, 4) is 0 Å². The Balaban J connectivity index is 1.84. The summed E-state index contributed by atoms with van der Waals surface area (Å²) in [5.41, 5.74) is 0.984. The smallest absolute Gasteiger partial charge is 0.338 e. The lowest BCUT2D eigenvalue weighted by Gasteiger charge is -2.30. The highest BCUT2D eigenvalue weighted by atomic mass is 79.9. The van der Waals surface area contributed by atoms with Gasteiger partial charge < -0.3 is 15.2 Å². The maximum atomic E-state index is 14.1. The second-order valence-corrected chi connectivity index (χ2v) is 9.49. The normalized spacial score (nSPS) is 22.9. The molecule has 1 saturated heterocycles. The van der Waals surface area contributed by atoms with Crippen LogP contribution in [0, 0.1) is 5.82 Å². The van der Waals surface area contributed by atoms with Crippen LogP contribution >= 0.6 is 27.3 Å². The fourth-order valence-corrected chi connectivity index (χ4v) is 5.20. The van der Waals surface area contributed by atoms with Gasteiger partial charge in [-0.15, -0.1) is 11.3 Å². The zero-order chi connectivity index (χ0) is 24.4. The molecular formula is C22H21BrF2N4O4S. The van der Waals surface area contributed by atoms with Crippen molar-refractivity contribution in [2.75, 3.05) is 19.7 Å². The summed E-state index contributed by atoms with van der Waals surface area (Å²) in [5, 5.41) is 15.0. The molecule has 3 atom stereocenters. The van der Waals surface area contributed by atoms with Gasteiger partial charge in [-0.3, -0.25) is 14.7 Å². The van der Waals surface area contributed by atoms with Crippen LogP contribution in [0.3, 0.4) is 0 Å². The van der Waals surface area contributed by atoms with Gasteiger partial charge >= 0.3 is 11.9 Å². The minimum Gasteiger partial charge on any atom is -0.480 e. The maximum absolute atomic E-state index is 14.1. The highest BCUT2D eigenvalue weighted by Gasteiger charge is 2.40. The molecule has 2 aromatic rings. The number of amidine groups is 1. The molecule has 2 N–H and O–H groups in total. The molecule has 1 unspecified atom stereocenters. The van der Waals surface area contributed by atoms with E-state index in [0.29, 0.717) is 26.6 Å². The van der Waals surface area contributed by atoms with E-state index in [-0.39, 0.29) is 31.7 Å². The number of aliphatic carboxylic acids is 1. The van der Waals surface area contributed by atoms with Crippen molar-refractivity contribution in [1.29, 1.82) is 0 Å². The largest absolute Gasteiger partial charge is 0.480 e. The molecule has 12 heteroatoms. The molecule has 0 bridgehead atoms. The highest BCUT2D eigenvalue weighted by Crippen LogP contribution is 2.37. The third-order valence-corrected chi connectivity index (χ3v) is 6.98. The summed E-state index contributed by atoms with van der Waals surface area (Å²) < 4.78 is 33.6. The summed E-state index contributed by atoms with van der Waals surface area (Å²) >= 11 is 4.68. The Labute approximate surface area is 206 Å². The number of carbonyl (C=O) groups is 2. The van der Waals surface area contributed by atoms with Crippen LogP contribution in [0.5, 0.6) is 0 Å². The van der Waals surface area contributed by atoms with E-state index < -0.39 is 36.0 Å². The van der Waals surface area contributed by atoms with Crippen molar-refractivity contribution >= 4 is 45.0 Å². The van der Waals surface area contributed by atoms with Crippen LogP contribution in [-0.4, -0.2) is 64.7 Å². The topological polar surface area (TPSA) is 104 Å². The third-order valence-electron chi connectivity index (χ3n) is 5.51. The molecule has 2 aliphatic rings. The van der Waals surface area contributed by atoms with Crippen LogP contribution in [0.2, 0.25) is 0 Å². The number of ether oxygens (including phenoxy) is 1. The Bertz CT molecular complexity index is 1160. The number of nitrogens with one attached hydrogen (secondary N) is 1. The van der Waals surface area contributed by atoms with E-state index in [1.165, 1.54) is 34.4 Å². The lowest BCUT2D eigenvalue weighted by atomic mass is 9.95. The number of alkyl halides is 1. The molecule has 34 heavy (non-hydrogen) atoms. The Kier molecular flexibility index (Phi) is 7.39. The van der Waals surface area contributed by atoms with Crippen LogP contribution in [0.25, 0.3) is 0 Å². The fraction of sp³-hybridized carbons (Fsp3) is 0.364. The zero-order valence-electron chi connectivity index (χ0n) is 18.0. The summed E-state index contributed by atoms with van der Waals surface area (Å²) in [7, 11) is 0. The maximum Gasteiger partial charge on any atom is 0.338 e. The number of esters is 1. The summed E-state index contributed by atoms with van der Waals surface area (Å²) in [4.78, 5) is 35.3. The number of hydrogen-bond acceptors (Lipinski definition) is 8. The first kappa shape index (κ1) is 24.4. The first-order chi connectivity index (χ1) is 16.3. The zero-order valence-corrected chi connectivity index (χ0v) is 20.4. The number of nitrogens with zero attached hydrogens (tertiary/aromatic N) is 3. The number of halogens is 3. The van der Waals surface area contributed by atoms with Crippen LogP contribution in [0.4, 0.5) is 8.78 Å². The lowest BCUT2D eigenvalue weighted by Crippen LogP contribution is -2.43. The highest BCUT2D eigenvalue weighted by molar-refractivity contribution is 9.10. The van der Waals surface area contributed by atoms with Crippen LogP contribution in [0.15, 0.2) is 50.5 Å². The standard InChI is InChI=1S/C22H21BrF2N4O4S/c1-2-33-22(32)17-15(10-29-9-12(25)8-16(29)21(30)31)27-19(20-26-5-6-34-20)28-18(17)13-4-3-11(24)7-14(13)23/h3-7,12,16,18H,2,8-10H2,1H3,(H,27,28)(H,30,31)/t12-,16-,18?/m0/s1. The number of carboxylic acids is 1. The monoisotopic (exact) mass is 554 g/mol. The molecule has 1 aromatic heterocycles. The van der Waals surface area contributed by atoms with Gasteiger partial charge in [-0.05, 0) is 24.6 Å². The molecule has 0 radical (unpaired) electrons.